The predicted molar refractivity (Wildman–Crippen MR) is 66.4 cm³/mol. The van der Waals surface area contributed by atoms with Gasteiger partial charge in [0.15, 0.2) is 0 Å². The fraction of sp³-hybridized carbons (Fsp3) is 0.154. The summed E-state index contributed by atoms with van der Waals surface area (Å²) >= 11 is 0. The van der Waals surface area contributed by atoms with Crippen LogP contribution in [0.25, 0.3) is 11.3 Å². The third-order valence-corrected chi connectivity index (χ3v) is 2.90. The van der Waals surface area contributed by atoms with Crippen LogP contribution in [0.3, 0.4) is 0 Å². The highest BCUT2D eigenvalue weighted by Gasteiger charge is 2.21. The summed E-state index contributed by atoms with van der Waals surface area (Å²) in [4.78, 5) is 19.2. The number of aromatic nitrogens is 2. The van der Waals surface area contributed by atoms with Crippen LogP contribution in [-0.2, 0) is 11.2 Å². The van der Waals surface area contributed by atoms with Crippen molar-refractivity contribution in [2.75, 3.05) is 5.32 Å². The lowest BCUT2D eigenvalue weighted by atomic mass is 10.0. The van der Waals surface area contributed by atoms with Crippen molar-refractivity contribution in [2.24, 2.45) is 0 Å². The van der Waals surface area contributed by atoms with Gasteiger partial charge in [0.2, 0.25) is 11.8 Å². The molecular formula is C13H9F2N3O2. The molecule has 102 valence electrons. The number of halogens is 2. The molecule has 1 N–H and O–H groups in total. The van der Waals surface area contributed by atoms with Gasteiger partial charge in [0, 0.05) is 11.3 Å². The molecule has 1 aromatic heterocycles. The van der Waals surface area contributed by atoms with Crippen molar-refractivity contribution in [1.29, 1.82) is 0 Å². The van der Waals surface area contributed by atoms with Gasteiger partial charge in [-0.15, -0.1) is 0 Å². The topological polar surface area (TPSA) is 64.1 Å². The molecule has 7 heteroatoms. The maximum absolute atomic E-state index is 12.0. The predicted octanol–water partition coefficient (Wildman–Crippen LogP) is 2.24. The number of nitrogens with one attached hydrogen (secondary N) is 1. The molecule has 20 heavy (non-hydrogen) atoms. The summed E-state index contributed by atoms with van der Waals surface area (Å²) in [6.07, 6.45) is 2.74. The van der Waals surface area contributed by atoms with Gasteiger partial charge in [-0.3, -0.25) is 4.79 Å². The molecule has 0 radical (unpaired) electrons. The summed E-state index contributed by atoms with van der Waals surface area (Å²) in [6.45, 7) is -2.93. The second-order valence-corrected chi connectivity index (χ2v) is 4.18. The molecule has 0 atom stereocenters. The molecule has 0 bridgehead atoms. The molecule has 0 aliphatic carbocycles. The number of hydrogen-bond acceptors (Lipinski definition) is 4. The van der Waals surface area contributed by atoms with Crippen molar-refractivity contribution >= 4 is 11.6 Å². The summed E-state index contributed by atoms with van der Waals surface area (Å²) in [6, 6.07) is 5.38. The average Bonchev–Trinajstić information content (AvgIpc) is 2.79. The van der Waals surface area contributed by atoms with Crippen molar-refractivity contribution in [1.82, 2.24) is 9.97 Å². The van der Waals surface area contributed by atoms with E-state index in [4.69, 9.17) is 0 Å². The number of benzene rings is 1. The summed E-state index contributed by atoms with van der Waals surface area (Å²) in [5, 5.41) is 2.73. The molecule has 0 saturated carbocycles. The molecule has 0 unspecified atom stereocenters. The van der Waals surface area contributed by atoms with Gasteiger partial charge < -0.3 is 10.1 Å². The van der Waals surface area contributed by atoms with Crippen molar-refractivity contribution in [3.8, 4) is 17.1 Å². The zero-order valence-electron chi connectivity index (χ0n) is 10.1. The molecule has 1 aliphatic heterocycles. The smallest absolute Gasteiger partial charge is 0.388 e. The average molecular weight is 277 g/mol. The van der Waals surface area contributed by atoms with Gasteiger partial charge in [-0.05, 0) is 11.6 Å². The number of fused-ring (bicyclic) bond motifs is 1. The number of alkyl halides is 2. The highest BCUT2D eigenvalue weighted by molar-refractivity contribution is 6.01. The van der Waals surface area contributed by atoms with Gasteiger partial charge in [0.25, 0.3) is 0 Å². The Hall–Kier alpha value is -2.57. The molecule has 1 aliphatic rings. The SMILES string of the molecule is O=C1Cc2c(cccc2-c2cnc(OC(F)F)cn2)N1. The van der Waals surface area contributed by atoms with Gasteiger partial charge in [-0.1, -0.05) is 12.1 Å². The zero-order valence-corrected chi connectivity index (χ0v) is 10.1. The van der Waals surface area contributed by atoms with Crippen LogP contribution in [0.15, 0.2) is 30.6 Å². The standard InChI is InChI=1S/C13H9F2N3O2/c14-13(15)20-12-6-16-10(5-17-12)7-2-1-3-9-8(7)4-11(19)18-9/h1-3,5-6,13H,4H2,(H,18,19). The summed E-state index contributed by atoms with van der Waals surface area (Å²) in [5.41, 5.74) is 2.81. The molecule has 3 rings (SSSR count). The minimum Gasteiger partial charge on any atom is -0.415 e. The Morgan fingerprint density at radius 1 is 1.25 bits per heavy atom. The highest BCUT2D eigenvalue weighted by Crippen LogP contribution is 2.32. The summed E-state index contributed by atoms with van der Waals surface area (Å²) < 4.78 is 28.2. The quantitative estimate of drug-likeness (QED) is 0.934. The van der Waals surface area contributed by atoms with Crippen LogP contribution in [-0.4, -0.2) is 22.5 Å². The van der Waals surface area contributed by atoms with Crippen LogP contribution >= 0.6 is 0 Å². The van der Waals surface area contributed by atoms with Gasteiger partial charge in [0.05, 0.1) is 24.5 Å². The van der Waals surface area contributed by atoms with Gasteiger partial charge in [-0.25, -0.2) is 9.97 Å². The largest absolute Gasteiger partial charge is 0.415 e. The summed E-state index contributed by atoms with van der Waals surface area (Å²) in [7, 11) is 0. The van der Waals surface area contributed by atoms with E-state index < -0.39 is 6.61 Å². The lowest BCUT2D eigenvalue weighted by Crippen LogP contribution is -2.04. The number of nitrogens with zero attached hydrogens (tertiary/aromatic N) is 2. The Morgan fingerprint density at radius 3 is 2.80 bits per heavy atom. The number of anilines is 1. The van der Waals surface area contributed by atoms with E-state index in [2.05, 4.69) is 20.0 Å². The Balaban J connectivity index is 1.94. The Labute approximate surface area is 112 Å². The number of carbonyl (C=O) groups is 1. The van der Waals surface area contributed by atoms with Gasteiger partial charge in [-0.2, -0.15) is 8.78 Å². The Morgan fingerprint density at radius 2 is 2.10 bits per heavy atom. The van der Waals surface area contributed by atoms with E-state index in [9.17, 15) is 13.6 Å². The minimum atomic E-state index is -2.93. The zero-order chi connectivity index (χ0) is 14.1. The first-order valence-electron chi connectivity index (χ1n) is 5.82. The van der Waals surface area contributed by atoms with E-state index in [-0.39, 0.29) is 18.2 Å². The molecule has 5 nitrogen and oxygen atoms in total. The second-order valence-electron chi connectivity index (χ2n) is 4.18. The van der Waals surface area contributed by atoms with Crippen molar-refractivity contribution < 1.29 is 18.3 Å². The third kappa shape index (κ3) is 2.29. The minimum absolute atomic E-state index is 0.0851. The molecule has 1 amide bonds. The van der Waals surface area contributed by atoms with Crippen LogP contribution in [0.5, 0.6) is 5.88 Å². The van der Waals surface area contributed by atoms with E-state index >= 15 is 0 Å². The first kappa shape index (κ1) is 12.5. The van der Waals surface area contributed by atoms with E-state index in [1.54, 1.807) is 18.2 Å². The Bertz CT molecular complexity index is 659. The fourth-order valence-electron chi connectivity index (χ4n) is 2.10. The van der Waals surface area contributed by atoms with Crippen LogP contribution in [0.1, 0.15) is 5.56 Å². The number of ether oxygens (including phenoxy) is 1. The van der Waals surface area contributed by atoms with Crippen LogP contribution in [0.4, 0.5) is 14.5 Å². The van der Waals surface area contributed by atoms with Crippen molar-refractivity contribution in [3.63, 3.8) is 0 Å². The monoisotopic (exact) mass is 277 g/mol. The van der Waals surface area contributed by atoms with Gasteiger partial charge in [0.1, 0.15) is 0 Å². The van der Waals surface area contributed by atoms with Crippen LogP contribution in [0, 0.1) is 0 Å². The molecule has 0 fully saturated rings. The molecular weight excluding hydrogens is 268 g/mol. The molecule has 2 aromatic rings. The van der Waals surface area contributed by atoms with E-state index in [0.29, 0.717) is 5.69 Å². The highest BCUT2D eigenvalue weighted by atomic mass is 19.3. The molecule has 2 heterocycles. The molecule has 1 aromatic carbocycles. The number of hydrogen-bond donors (Lipinski definition) is 1. The first-order chi connectivity index (χ1) is 9.63. The second kappa shape index (κ2) is 4.84. The number of amides is 1. The van der Waals surface area contributed by atoms with E-state index in [0.717, 1.165) is 23.0 Å². The van der Waals surface area contributed by atoms with Crippen molar-refractivity contribution in [2.45, 2.75) is 13.0 Å². The maximum Gasteiger partial charge on any atom is 0.388 e. The molecule has 0 saturated heterocycles. The van der Waals surface area contributed by atoms with E-state index in [1.165, 1.54) is 6.20 Å². The normalized spacial score (nSPS) is 13.2. The van der Waals surface area contributed by atoms with Crippen LogP contribution in [0.2, 0.25) is 0 Å². The fourth-order valence-corrected chi connectivity index (χ4v) is 2.10. The van der Waals surface area contributed by atoms with Gasteiger partial charge >= 0.3 is 6.61 Å². The lowest BCUT2D eigenvalue weighted by molar-refractivity contribution is -0.115. The number of rotatable bonds is 3. The maximum atomic E-state index is 12.0. The lowest BCUT2D eigenvalue weighted by Gasteiger charge is -2.07. The van der Waals surface area contributed by atoms with Crippen molar-refractivity contribution in [3.05, 3.63) is 36.2 Å². The summed E-state index contributed by atoms with van der Waals surface area (Å²) in [5.74, 6) is -0.330. The molecule has 0 spiro atoms. The number of carbonyl (C=O) groups excluding carboxylic acids is 1. The third-order valence-electron chi connectivity index (χ3n) is 2.90. The first-order valence-corrected chi connectivity index (χ1v) is 5.82. The van der Waals surface area contributed by atoms with E-state index in [1.807, 2.05) is 0 Å². The van der Waals surface area contributed by atoms with Crippen LogP contribution < -0.4 is 10.1 Å². The Kier molecular flexibility index (Phi) is 3.02.